The molecule has 3 aromatic rings. The number of nitrogens with one attached hydrogen (secondary N) is 2. The van der Waals surface area contributed by atoms with Gasteiger partial charge in [0.2, 0.25) is 5.91 Å². The van der Waals surface area contributed by atoms with Crippen molar-refractivity contribution in [3.63, 3.8) is 0 Å². The summed E-state index contributed by atoms with van der Waals surface area (Å²) in [5, 5.41) is 16.4. The molecular formula is C29H34N4O4S. The van der Waals surface area contributed by atoms with Gasteiger partial charge >= 0.3 is 0 Å². The van der Waals surface area contributed by atoms with Crippen LogP contribution in [0.2, 0.25) is 0 Å². The van der Waals surface area contributed by atoms with Gasteiger partial charge < -0.3 is 25.2 Å². The van der Waals surface area contributed by atoms with Crippen molar-refractivity contribution in [2.24, 2.45) is 0 Å². The van der Waals surface area contributed by atoms with Gasteiger partial charge in [-0.2, -0.15) is 0 Å². The Morgan fingerprint density at radius 3 is 2.37 bits per heavy atom. The maximum atomic E-state index is 12.6. The summed E-state index contributed by atoms with van der Waals surface area (Å²) in [5.74, 6) is 1.45. The molecule has 200 valence electrons. The molecule has 38 heavy (non-hydrogen) atoms. The third kappa shape index (κ3) is 7.27. The lowest BCUT2D eigenvalue weighted by molar-refractivity contribution is -0.117. The average molecular weight is 535 g/mol. The maximum absolute atomic E-state index is 12.6. The number of aliphatic hydroxyl groups is 1. The number of aliphatic hydroxyl groups excluding tert-OH is 1. The SMILES string of the molecule is CC1(OC[C@@H](O)CN2CCN(CC(=O)Nc3ccc(Oc4ccccc4)cc3)CC2)Nc2ccccc2S1. The number of benzene rings is 3. The summed E-state index contributed by atoms with van der Waals surface area (Å²) in [6.07, 6.45) is -0.582. The van der Waals surface area contributed by atoms with E-state index in [1.54, 1.807) is 11.8 Å². The standard InChI is InChI=1S/C29H34N4O4S/c1-29(31-26-9-5-6-10-27(26)38-29)36-21-23(34)19-32-15-17-33(18-16-32)20-28(35)30-22-11-13-25(14-12-22)37-24-7-3-2-4-8-24/h2-14,23,31,34H,15-21H2,1H3,(H,30,35)/t23-,29?/m0/s1. The molecule has 0 saturated carbocycles. The summed E-state index contributed by atoms with van der Waals surface area (Å²) < 4.78 is 11.8. The molecule has 0 spiro atoms. The number of ether oxygens (including phenoxy) is 2. The molecular weight excluding hydrogens is 500 g/mol. The Morgan fingerprint density at radius 1 is 0.974 bits per heavy atom. The van der Waals surface area contributed by atoms with E-state index < -0.39 is 11.2 Å². The molecule has 0 radical (unpaired) electrons. The molecule has 8 nitrogen and oxygen atoms in total. The first kappa shape index (κ1) is 26.5. The Morgan fingerprint density at radius 2 is 1.63 bits per heavy atom. The summed E-state index contributed by atoms with van der Waals surface area (Å²) >= 11 is 1.62. The van der Waals surface area contributed by atoms with Gasteiger partial charge in [-0.25, -0.2) is 0 Å². The van der Waals surface area contributed by atoms with Crippen LogP contribution in [-0.4, -0.2) is 77.8 Å². The van der Waals surface area contributed by atoms with Gasteiger partial charge in [0.25, 0.3) is 0 Å². The first-order chi connectivity index (χ1) is 18.4. The number of fused-ring (bicyclic) bond motifs is 1. The van der Waals surface area contributed by atoms with E-state index in [2.05, 4.69) is 26.5 Å². The van der Waals surface area contributed by atoms with Gasteiger partial charge in [0.05, 0.1) is 24.9 Å². The maximum Gasteiger partial charge on any atom is 0.238 e. The van der Waals surface area contributed by atoms with Crippen molar-refractivity contribution in [2.45, 2.75) is 23.0 Å². The molecule has 0 aliphatic carbocycles. The highest BCUT2D eigenvalue weighted by Crippen LogP contribution is 2.45. The summed E-state index contributed by atoms with van der Waals surface area (Å²) in [6.45, 7) is 6.26. The number of β-amino-alcohol motifs (C(OH)–C–C–N with tert-alkyl or cyclic N) is 1. The lowest BCUT2D eigenvalue weighted by atomic mass is 10.2. The predicted molar refractivity (Wildman–Crippen MR) is 151 cm³/mol. The summed E-state index contributed by atoms with van der Waals surface area (Å²) in [7, 11) is 0. The molecule has 0 bridgehead atoms. The molecule has 2 atom stereocenters. The minimum atomic E-state index is -0.582. The second-order valence-electron chi connectivity index (χ2n) is 9.70. The zero-order valence-corrected chi connectivity index (χ0v) is 22.3. The average Bonchev–Trinajstić information content (AvgIpc) is 3.27. The van der Waals surface area contributed by atoms with E-state index in [1.165, 1.54) is 0 Å². The number of rotatable bonds is 10. The Balaban J connectivity index is 0.989. The number of nitrogens with zero attached hydrogens (tertiary/aromatic N) is 2. The molecule has 3 aromatic carbocycles. The van der Waals surface area contributed by atoms with Crippen molar-refractivity contribution in [2.75, 3.05) is 56.5 Å². The lowest BCUT2D eigenvalue weighted by Crippen LogP contribution is -2.51. The normalized spacial score (nSPS) is 20.4. The molecule has 1 fully saturated rings. The molecule has 0 aromatic heterocycles. The lowest BCUT2D eigenvalue weighted by Gasteiger charge is -2.35. The number of amides is 1. The van der Waals surface area contributed by atoms with E-state index in [-0.39, 0.29) is 12.5 Å². The van der Waals surface area contributed by atoms with Gasteiger partial charge in [0, 0.05) is 43.3 Å². The van der Waals surface area contributed by atoms with Crippen LogP contribution in [0.1, 0.15) is 6.92 Å². The van der Waals surface area contributed by atoms with Gasteiger partial charge in [-0.1, -0.05) is 42.1 Å². The van der Waals surface area contributed by atoms with Crippen LogP contribution in [0, 0.1) is 0 Å². The van der Waals surface area contributed by atoms with E-state index in [4.69, 9.17) is 9.47 Å². The zero-order chi connectivity index (χ0) is 26.4. The molecule has 1 amide bonds. The van der Waals surface area contributed by atoms with Crippen LogP contribution in [0.3, 0.4) is 0 Å². The molecule has 9 heteroatoms. The van der Waals surface area contributed by atoms with Crippen molar-refractivity contribution in [3.8, 4) is 11.5 Å². The summed E-state index contributed by atoms with van der Waals surface area (Å²) in [4.78, 5) is 18.1. The van der Waals surface area contributed by atoms with Gasteiger partial charge in [0.15, 0.2) is 5.06 Å². The molecule has 1 saturated heterocycles. The fourth-order valence-electron chi connectivity index (χ4n) is 4.57. The number of hydrogen-bond acceptors (Lipinski definition) is 8. The first-order valence-corrected chi connectivity index (χ1v) is 13.7. The molecule has 1 unspecified atom stereocenters. The van der Waals surface area contributed by atoms with E-state index in [9.17, 15) is 9.90 Å². The van der Waals surface area contributed by atoms with Gasteiger partial charge in [-0.05, 0) is 55.5 Å². The smallest absolute Gasteiger partial charge is 0.238 e. The molecule has 3 N–H and O–H groups in total. The van der Waals surface area contributed by atoms with Gasteiger partial charge in [-0.3, -0.25) is 14.6 Å². The predicted octanol–water partition coefficient (Wildman–Crippen LogP) is 4.30. The minimum Gasteiger partial charge on any atom is -0.457 e. The fourth-order valence-corrected chi connectivity index (χ4v) is 5.66. The largest absolute Gasteiger partial charge is 0.457 e. The van der Waals surface area contributed by atoms with E-state index in [1.807, 2.05) is 79.7 Å². The van der Waals surface area contributed by atoms with Crippen LogP contribution in [0.15, 0.2) is 83.8 Å². The summed E-state index contributed by atoms with van der Waals surface area (Å²) in [5.41, 5.74) is 1.80. The van der Waals surface area contributed by atoms with E-state index in [0.717, 1.165) is 53.9 Å². The highest BCUT2D eigenvalue weighted by Gasteiger charge is 2.34. The Hall–Kier alpha value is -3.08. The highest BCUT2D eigenvalue weighted by atomic mass is 32.2. The molecule has 2 heterocycles. The monoisotopic (exact) mass is 534 g/mol. The van der Waals surface area contributed by atoms with E-state index in [0.29, 0.717) is 13.1 Å². The Kier molecular flexibility index (Phi) is 8.51. The number of thioether (sulfide) groups is 1. The van der Waals surface area contributed by atoms with Crippen LogP contribution in [-0.2, 0) is 9.53 Å². The number of hydrogen-bond donors (Lipinski definition) is 3. The molecule has 2 aliphatic heterocycles. The third-order valence-electron chi connectivity index (χ3n) is 6.52. The quantitative estimate of drug-likeness (QED) is 0.355. The number of carbonyl (C=O) groups is 1. The van der Waals surface area contributed by atoms with Crippen molar-refractivity contribution in [1.82, 2.24) is 9.80 Å². The van der Waals surface area contributed by atoms with Crippen molar-refractivity contribution >= 4 is 29.0 Å². The van der Waals surface area contributed by atoms with E-state index >= 15 is 0 Å². The Bertz CT molecular complexity index is 1180. The molecule has 2 aliphatic rings. The van der Waals surface area contributed by atoms with Crippen LogP contribution in [0.25, 0.3) is 0 Å². The second-order valence-corrected chi connectivity index (χ2v) is 11.1. The highest BCUT2D eigenvalue weighted by molar-refractivity contribution is 8.01. The number of para-hydroxylation sites is 2. The summed E-state index contributed by atoms with van der Waals surface area (Å²) in [6, 6.07) is 25.1. The van der Waals surface area contributed by atoms with Crippen LogP contribution >= 0.6 is 11.8 Å². The second kappa shape index (κ2) is 12.2. The minimum absolute atomic E-state index is 0.0422. The van der Waals surface area contributed by atoms with Crippen LogP contribution in [0.5, 0.6) is 11.5 Å². The van der Waals surface area contributed by atoms with Crippen molar-refractivity contribution < 1.29 is 19.4 Å². The number of anilines is 2. The van der Waals surface area contributed by atoms with Crippen molar-refractivity contribution in [1.29, 1.82) is 0 Å². The molecule has 5 rings (SSSR count). The van der Waals surface area contributed by atoms with Gasteiger partial charge in [0.1, 0.15) is 11.5 Å². The fraction of sp³-hybridized carbons (Fsp3) is 0.345. The van der Waals surface area contributed by atoms with Gasteiger partial charge in [-0.15, -0.1) is 0 Å². The number of piperazine rings is 1. The topological polar surface area (TPSA) is 86.3 Å². The van der Waals surface area contributed by atoms with Crippen LogP contribution in [0.4, 0.5) is 11.4 Å². The zero-order valence-electron chi connectivity index (χ0n) is 21.5. The third-order valence-corrected chi connectivity index (χ3v) is 7.71. The van der Waals surface area contributed by atoms with Crippen LogP contribution < -0.4 is 15.4 Å². The van der Waals surface area contributed by atoms with Crippen molar-refractivity contribution in [3.05, 3.63) is 78.9 Å². The Labute approximate surface area is 227 Å². The first-order valence-electron chi connectivity index (χ1n) is 12.9. The number of carbonyl (C=O) groups excluding carboxylic acids is 1.